The predicted octanol–water partition coefficient (Wildman–Crippen LogP) is 6.25. The van der Waals surface area contributed by atoms with Gasteiger partial charge in [0.25, 0.3) is 0 Å². The van der Waals surface area contributed by atoms with Crippen LogP contribution in [0.2, 0.25) is 0 Å². The van der Waals surface area contributed by atoms with Gasteiger partial charge in [-0.1, -0.05) is 18.6 Å². The summed E-state index contributed by atoms with van der Waals surface area (Å²) in [5.74, 6) is -1.94. The Hall–Kier alpha value is -3.48. The monoisotopic (exact) mass is 442 g/mol. The van der Waals surface area contributed by atoms with Gasteiger partial charge in [-0.05, 0) is 84.1 Å². The molecule has 0 unspecified atom stereocenters. The molecule has 32 heavy (non-hydrogen) atoms. The Balaban J connectivity index is 1.83. The molecule has 1 aliphatic carbocycles. The number of carboxylic acids is 1. The van der Waals surface area contributed by atoms with E-state index in [0.29, 0.717) is 29.5 Å². The molecule has 3 nitrogen and oxygen atoms in total. The fourth-order valence-electron chi connectivity index (χ4n) is 3.98. The second-order valence-corrected chi connectivity index (χ2v) is 7.95. The van der Waals surface area contributed by atoms with E-state index in [9.17, 15) is 32.3 Å². The average molecular weight is 442 g/mol. The molecule has 0 amide bonds. The highest BCUT2D eigenvalue weighted by Gasteiger charge is 2.46. The summed E-state index contributed by atoms with van der Waals surface area (Å²) in [5.41, 5.74) is -0.238. The maximum atomic E-state index is 13.3. The van der Waals surface area contributed by atoms with Crippen molar-refractivity contribution in [3.8, 4) is 11.1 Å². The number of hydrogen-bond acceptors (Lipinski definition) is 2. The Bertz CT molecular complexity index is 1180. The van der Waals surface area contributed by atoms with Crippen molar-refractivity contribution in [3.05, 3.63) is 94.8 Å². The number of halogens is 4. The first-order chi connectivity index (χ1) is 15.1. The highest BCUT2D eigenvalue weighted by molar-refractivity contribution is 6.10. The van der Waals surface area contributed by atoms with Gasteiger partial charge in [-0.3, -0.25) is 9.59 Å². The quantitative estimate of drug-likeness (QED) is 0.375. The molecule has 1 fully saturated rings. The number of hydrogen-bond donors (Lipinski definition) is 1. The van der Waals surface area contributed by atoms with Crippen molar-refractivity contribution in [1.82, 2.24) is 0 Å². The Morgan fingerprint density at radius 1 is 0.812 bits per heavy atom. The third kappa shape index (κ3) is 3.90. The van der Waals surface area contributed by atoms with Crippen molar-refractivity contribution in [2.75, 3.05) is 0 Å². The van der Waals surface area contributed by atoms with Gasteiger partial charge in [-0.25, -0.2) is 4.39 Å². The fraction of sp³-hybridized carbons (Fsp3) is 0.200. The van der Waals surface area contributed by atoms with E-state index in [1.54, 1.807) is 6.07 Å². The summed E-state index contributed by atoms with van der Waals surface area (Å²) in [6, 6.07) is 14.1. The summed E-state index contributed by atoms with van der Waals surface area (Å²) >= 11 is 0. The Kier molecular flexibility index (Phi) is 5.36. The normalized spacial score (nSPS) is 15.1. The molecule has 0 heterocycles. The van der Waals surface area contributed by atoms with Gasteiger partial charge in [-0.15, -0.1) is 0 Å². The molecule has 3 aromatic rings. The second kappa shape index (κ2) is 7.89. The zero-order valence-corrected chi connectivity index (χ0v) is 16.7. The van der Waals surface area contributed by atoms with Gasteiger partial charge in [0, 0.05) is 11.1 Å². The number of carbonyl (C=O) groups is 2. The lowest BCUT2D eigenvalue weighted by atomic mass is 9.64. The number of benzene rings is 3. The van der Waals surface area contributed by atoms with Crippen LogP contribution >= 0.6 is 0 Å². The van der Waals surface area contributed by atoms with E-state index in [-0.39, 0.29) is 11.1 Å². The first-order valence-corrected chi connectivity index (χ1v) is 9.97. The summed E-state index contributed by atoms with van der Waals surface area (Å²) in [6.07, 6.45) is -2.95. The Morgan fingerprint density at radius 2 is 1.44 bits per heavy atom. The van der Waals surface area contributed by atoms with Crippen molar-refractivity contribution in [2.24, 2.45) is 0 Å². The van der Waals surface area contributed by atoms with Gasteiger partial charge < -0.3 is 5.11 Å². The standard InChI is InChI=1S/C25H18F4O3/c26-21-8-4-16(5-9-21)22(30)18-12-17(15-2-6-19(7-3-15)25(27,28)29)13-20(14-18)24(23(31)32)10-1-11-24/h2-9,12-14H,1,10-11H2,(H,31,32). The van der Waals surface area contributed by atoms with Crippen LogP contribution in [0, 0.1) is 5.82 Å². The predicted molar refractivity (Wildman–Crippen MR) is 110 cm³/mol. The Morgan fingerprint density at radius 3 is 1.94 bits per heavy atom. The minimum absolute atomic E-state index is 0.191. The van der Waals surface area contributed by atoms with E-state index in [0.717, 1.165) is 30.7 Å². The summed E-state index contributed by atoms with van der Waals surface area (Å²) in [7, 11) is 0. The molecule has 0 aliphatic heterocycles. The lowest BCUT2D eigenvalue weighted by Gasteiger charge is -2.38. The van der Waals surface area contributed by atoms with E-state index in [1.165, 1.54) is 36.4 Å². The number of ketones is 1. The van der Waals surface area contributed by atoms with Crippen molar-refractivity contribution < 1.29 is 32.3 Å². The van der Waals surface area contributed by atoms with E-state index in [1.807, 2.05) is 0 Å². The molecule has 1 aliphatic rings. The molecule has 164 valence electrons. The van der Waals surface area contributed by atoms with Gasteiger partial charge in [-0.2, -0.15) is 13.2 Å². The van der Waals surface area contributed by atoms with E-state index in [2.05, 4.69) is 0 Å². The van der Waals surface area contributed by atoms with Crippen LogP contribution in [0.4, 0.5) is 17.6 Å². The molecule has 0 aromatic heterocycles. The van der Waals surface area contributed by atoms with Crippen molar-refractivity contribution >= 4 is 11.8 Å². The highest BCUT2D eigenvalue weighted by atomic mass is 19.4. The van der Waals surface area contributed by atoms with Gasteiger partial charge in [0.05, 0.1) is 11.0 Å². The van der Waals surface area contributed by atoms with Crippen molar-refractivity contribution in [2.45, 2.75) is 30.9 Å². The topological polar surface area (TPSA) is 54.4 Å². The number of carboxylic acid groups (broad SMARTS) is 1. The average Bonchev–Trinajstić information content (AvgIpc) is 2.72. The summed E-state index contributed by atoms with van der Waals surface area (Å²) in [4.78, 5) is 25.1. The number of aliphatic carboxylic acids is 1. The SMILES string of the molecule is O=C(c1ccc(F)cc1)c1cc(-c2ccc(C(F)(F)F)cc2)cc(C2(C(=O)O)CCC2)c1. The van der Waals surface area contributed by atoms with Crippen LogP contribution in [0.5, 0.6) is 0 Å². The van der Waals surface area contributed by atoms with Crippen LogP contribution in [0.15, 0.2) is 66.7 Å². The minimum Gasteiger partial charge on any atom is -0.481 e. The van der Waals surface area contributed by atoms with Gasteiger partial charge in [0.15, 0.2) is 5.78 Å². The molecule has 7 heteroatoms. The molecule has 0 bridgehead atoms. The molecule has 3 aromatic carbocycles. The third-order valence-corrected chi connectivity index (χ3v) is 6.02. The highest BCUT2D eigenvalue weighted by Crippen LogP contribution is 2.45. The fourth-order valence-corrected chi connectivity index (χ4v) is 3.98. The van der Waals surface area contributed by atoms with Gasteiger partial charge in [0.2, 0.25) is 0 Å². The van der Waals surface area contributed by atoms with E-state index < -0.39 is 34.7 Å². The van der Waals surface area contributed by atoms with Crippen LogP contribution in [0.3, 0.4) is 0 Å². The molecule has 0 saturated heterocycles. The zero-order valence-electron chi connectivity index (χ0n) is 16.7. The second-order valence-electron chi connectivity index (χ2n) is 7.95. The van der Waals surface area contributed by atoms with Gasteiger partial charge >= 0.3 is 12.1 Å². The molecule has 4 rings (SSSR count). The largest absolute Gasteiger partial charge is 0.481 e. The Labute approximate surface area is 181 Å². The lowest BCUT2D eigenvalue weighted by molar-refractivity contribution is -0.147. The third-order valence-electron chi connectivity index (χ3n) is 6.02. The molecular formula is C25H18F4O3. The summed E-state index contributed by atoms with van der Waals surface area (Å²) in [5, 5.41) is 9.85. The molecule has 0 radical (unpaired) electrons. The number of carbonyl (C=O) groups excluding carboxylic acids is 1. The van der Waals surface area contributed by atoms with Crippen LogP contribution in [0.25, 0.3) is 11.1 Å². The maximum Gasteiger partial charge on any atom is 0.416 e. The summed E-state index contributed by atoms with van der Waals surface area (Å²) < 4.78 is 52.1. The number of alkyl halides is 3. The first-order valence-electron chi connectivity index (χ1n) is 9.97. The lowest BCUT2D eigenvalue weighted by Crippen LogP contribution is -2.42. The maximum absolute atomic E-state index is 13.3. The summed E-state index contributed by atoms with van der Waals surface area (Å²) in [6.45, 7) is 0. The number of rotatable bonds is 5. The van der Waals surface area contributed by atoms with Crippen molar-refractivity contribution in [3.63, 3.8) is 0 Å². The molecule has 0 spiro atoms. The van der Waals surface area contributed by atoms with E-state index >= 15 is 0 Å². The van der Waals surface area contributed by atoms with Crippen LogP contribution in [-0.4, -0.2) is 16.9 Å². The smallest absolute Gasteiger partial charge is 0.416 e. The zero-order chi connectivity index (χ0) is 23.1. The van der Waals surface area contributed by atoms with Crippen LogP contribution in [0.1, 0.15) is 46.3 Å². The molecular weight excluding hydrogens is 424 g/mol. The molecule has 1 N–H and O–H groups in total. The van der Waals surface area contributed by atoms with Crippen molar-refractivity contribution in [1.29, 1.82) is 0 Å². The first kappa shape index (κ1) is 21.7. The minimum atomic E-state index is -4.48. The van der Waals surface area contributed by atoms with Crippen LogP contribution < -0.4 is 0 Å². The van der Waals surface area contributed by atoms with E-state index in [4.69, 9.17) is 0 Å². The molecule has 1 saturated carbocycles. The van der Waals surface area contributed by atoms with Gasteiger partial charge in [0.1, 0.15) is 5.82 Å². The van der Waals surface area contributed by atoms with Crippen LogP contribution in [-0.2, 0) is 16.4 Å². The molecule has 0 atom stereocenters.